The number of hydrogen-bond donors (Lipinski definition) is 0. The van der Waals surface area contributed by atoms with Crippen molar-refractivity contribution in [3.8, 4) is 30.6 Å². The summed E-state index contributed by atoms with van der Waals surface area (Å²) < 4.78 is 10.3. The molecule has 2 unspecified atom stereocenters. The van der Waals surface area contributed by atoms with Crippen LogP contribution in [0.25, 0.3) is 82.1 Å². The molecule has 9 aromatic rings. The van der Waals surface area contributed by atoms with Crippen molar-refractivity contribution in [2.75, 3.05) is 29.5 Å². The van der Waals surface area contributed by atoms with Crippen LogP contribution >= 0.6 is 68.0 Å². The number of ether oxygens (including phenoxy) is 1. The summed E-state index contributed by atoms with van der Waals surface area (Å²) in [5, 5.41) is 3.89. The van der Waals surface area contributed by atoms with Crippen LogP contribution in [0.3, 0.4) is 0 Å². The van der Waals surface area contributed by atoms with Gasteiger partial charge >= 0.3 is 5.97 Å². The zero-order valence-corrected chi connectivity index (χ0v) is 75.7. The molecule has 2 amide bonds. The molecule has 3 aromatic carbocycles. The van der Waals surface area contributed by atoms with Gasteiger partial charge in [-0.2, -0.15) is 0 Å². The second kappa shape index (κ2) is 46.8. The summed E-state index contributed by atoms with van der Waals surface area (Å²) in [4.78, 5) is 75.3. The molecule has 8 heterocycles. The predicted octanol–water partition coefficient (Wildman–Crippen LogP) is 33.9. The molecule has 113 heavy (non-hydrogen) atoms. The minimum atomic E-state index is -0.291. The number of amides is 2. The number of anilines is 2. The van der Waals surface area contributed by atoms with Gasteiger partial charge in [-0.1, -0.05) is 329 Å². The smallest absolute Gasteiger partial charge is 0.340 e. The van der Waals surface area contributed by atoms with Crippen LogP contribution in [0.5, 0.6) is 0 Å². The van der Waals surface area contributed by atoms with E-state index in [1.165, 1.54) is 246 Å². The van der Waals surface area contributed by atoms with Gasteiger partial charge in [-0.3, -0.25) is 14.4 Å². The Morgan fingerprint density at radius 1 is 0.363 bits per heavy atom. The lowest BCUT2D eigenvalue weighted by molar-refractivity contribution is -0.114. The van der Waals surface area contributed by atoms with Gasteiger partial charge in [0.2, 0.25) is 0 Å². The van der Waals surface area contributed by atoms with Crippen LogP contribution in [0, 0.1) is 25.7 Å². The zero-order valence-electron chi connectivity index (χ0n) is 70.8. The maximum absolute atomic E-state index is 16.3. The number of ketones is 1. The third kappa shape index (κ3) is 24.0. The number of nitrogens with zero attached hydrogens (tertiary/aromatic N) is 2. The number of esters is 1. The standard InChI is InChI=1S/C100H138N2O5S6/c1-9-14-19-24-29-33-35-36-40-45-50-55-81(103)88-79-65-73(8)109-95(79)89(100(106)107-64-51-46-41-37-34-30-25-20-15-10-2)80-68-87(113-94(80)88)84-63-62-83(110-84)76-58-60-77-86(67-76)111-96-90(98(104)101(92(77)96)69-71(6)52-47-42-38-31-26-21-16-11-3)91-97-93(78-59-57-75(66-85(78)112-97)82-61-56-72(7)108-82)102(99(91)105)70-74(53-48-43-28-23-18-13-5)54-49-44-39-32-27-22-17-12-4/h56-63,65-68,71,74H,9-55,64,69-70H2,1-8H3/b91-90+. The van der Waals surface area contributed by atoms with Crippen molar-refractivity contribution >= 4 is 154 Å². The van der Waals surface area contributed by atoms with E-state index < -0.39 is 0 Å². The Balaban J connectivity index is 0.929. The lowest BCUT2D eigenvalue weighted by Crippen LogP contribution is -2.34. The van der Waals surface area contributed by atoms with E-state index in [9.17, 15) is 9.59 Å². The van der Waals surface area contributed by atoms with Crippen LogP contribution in [0.15, 0.2) is 72.8 Å². The number of Topliss-reactive ketones (excluding diaryl/α,β-unsaturated/α-hetero) is 1. The second-order valence-corrected chi connectivity index (χ2v) is 40.7. The zero-order chi connectivity index (χ0) is 79.3. The van der Waals surface area contributed by atoms with E-state index in [-0.39, 0.29) is 29.5 Å². The fourth-order valence-corrected chi connectivity index (χ4v) is 24.6. The van der Waals surface area contributed by atoms with Crippen molar-refractivity contribution in [3.63, 3.8) is 0 Å². The second-order valence-electron chi connectivity index (χ2n) is 33.9. The first-order valence-corrected chi connectivity index (χ1v) is 50.6. The van der Waals surface area contributed by atoms with Gasteiger partial charge in [-0.25, -0.2) is 4.79 Å². The average molecular weight is 1640 g/mol. The van der Waals surface area contributed by atoms with E-state index >= 15 is 9.59 Å². The average Bonchev–Trinajstić information content (AvgIpc) is 1.54. The molecule has 0 saturated heterocycles. The van der Waals surface area contributed by atoms with E-state index in [4.69, 9.17) is 4.74 Å². The molecule has 7 nitrogen and oxygen atoms in total. The molecule has 13 heteroatoms. The number of carbonyl (C=O) groups is 4. The van der Waals surface area contributed by atoms with Crippen molar-refractivity contribution in [2.45, 2.75) is 357 Å². The summed E-state index contributed by atoms with van der Waals surface area (Å²) in [5.41, 5.74) is 6.81. The first-order valence-electron chi connectivity index (χ1n) is 45.7. The van der Waals surface area contributed by atoms with Crippen molar-refractivity contribution < 1.29 is 23.9 Å². The van der Waals surface area contributed by atoms with Gasteiger partial charge in [0, 0.05) is 90.0 Å². The quantitative estimate of drug-likeness (QED) is 0.0164. The molecule has 0 bridgehead atoms. The lowest BCUT2D eigenvalue weighted by Gasteiger charge is -2.25. The highest BCUT2D eigenvalue weighted by Crippen LogP contribution is 2.57. The monoisotopic (exact) mass is 1640 g/mol. The Bertz CT molecular complexity index is 4410. The van der Waals surface area contributed by atoms with Crippen molar-refractivity contribution in [2.24, 2.45) is 11.8 Å². The van der Waals surface area contributed by atoms with Crippen LogP contribution in [-0.4, -0.2) is 43.3 Å². The van der Waals surface area contributed by atoms with E-state index in [1.807, 2.05) is 11.3 Å². The molecule has 0 spiro atoms. The molecule has 2 atom stereocenters. The molecule has 0 aliphatic carbocycles. The number of thiophene rings is 6. The summed E-state index contributed by atoms with van der Waals surface area (Å²) in [6, 6.07) is 27.0. The highest BCUT2D eigenvalue weighted by atomic mass is 32.1. The minimum Gasteiger partial charge on any atom is -0.462 e. The molecule has 2 aliphatic rings. The topological polar surface area (TPSA) is 84.0 Å². The molecule has 614 valence electrons. The van der Waals surface area contributed by atoms with Gasteiger partial charge in [0.25, 0.3) is 11.8 Å². The minimum absolute atomic E-state index is 0.00672. The van der Waals surface area contributed by atoms with E-state index in [1.54, 1.807) is 56.7 Å². The molecule has 2 aliphatic heterocycles. The number of fused-ring (bicyclic) bond motifs is 8. The highest BCUT2D eigenvalue weighted by molar-refractivity contribution is 7.28. The first-order chi connectivity index (χ1) is 55.3. The summed E-state index contributed by atoms with van der Waals surface area (Å²) in [6.45, 7) is 19.7. The maximum atomic E-state index is 16.3. The number of rotatable bonds is 57. The Kier molecular flexibility index (Phi) is 36.6. The molecule has 0 radical (unpaired) electrons. The Morgan fingerprint density at radius 2 is 0.770 bits per heavy atom. The van der Waals surface area contributed by atoms with Crippen molar-refractivity contribution in [1.82, 2.24) is 0 Å². The SMILES string of the molecule is CCCCCCCCCCCCCC(=O)c1c2cc(C)sc2c(C(=O)OCCCCCCCCCCCC)c2cc(-c3ccc(-c4ccc5c6c(sc5c4)/C(=C4\C(=O)N(CC(CCCCCCCC)CCCCCCCCCC)c5c4sc4cc(-c7ccc(C)s7)ccc54)C(=O)N6CC(C)CCCCCCCCCC)s3)sc12. The van der Waals surface area contributed by atoms with Crippen molar-refractivity contribution in [3.05, 3.63) is 103 Å². The molecular weight excluding hydrogens is 1500 g/mol. The third-order valence-corrected chi connectivity index (χ3v) is 31.3. The number of unbranched alkanes of at least 4 members (excludes halogenated alkanes) is 38. The van der Waals surface area contributed by atoms with Crippen LogP contribution in [0.4, 0.5) is 11.4 Å². The van der Waals surface area contributed by atoms with Gasteiger partial charge in [0.05, 0.1) is 49.1 Å². The van der Waals surface area contributed by atoms with Crippen molar-refractivity contribution in [1.29, 1.82) is 0 Å². The molecule has 0 saturated carbocycles. The van der Waals surface area contributed by atoms with E-state index in [2.05, 4.69) is 138 Å². The molecular formula is C100H138N2O5S6. The van der Waals surface area contributed by atoms with E-state index in [0.29, 0.717) is 48.7 Å². The lowest BCUT2D eigenvalue weighted by atomic mass is 9.93. The number of carbonyl (C=O) groups excluding carboxylic acids is 4. The summed E-state index contributed by atoms with van der Waals surface area (Å²) >= 11 is 10.2. The van der Waals surface area contributed by atoms with Crippen LogP contribution < -0.4 is 9.80 Å². The fourth-order valence-electron chi connectivity index (χ4n) is 17.8. The fraction of sp³-hybridized carbons (Fsp3) is 0.600. The molecule has 11 rings (SSSR count). The summed E-state index contributed by atoms with van der Waals surface area (Å²) in [5.74, 6) is 0.459. The maximum Gasteiger partial charge on any atom is 0.340 e. The summed E-state index contributed by atoms with van der Waals surface area (Å²) in [6.07, 6.45) is 57.2. The highest BCUT2D eigenvalue weighted by Gasteiger charge is 2.46. The normalized spacial score (nSPS) is 14.3. The first kappa shape index (κ1) is 88.5. The third-order valence-electron chi connectivity index (χ3n) is 24.4. The number of hydrogen-bond acceptors (Lipinski definition) is 11. The van der Waals surface area contributed by atoms with Crippen LogP contribution in [-0.2, 0) is 14.3 Å². The molecule has 0 fully saturated rings. The van der Waals surface area contributed by atoms with Crippen LogP contribution in [0.2, 0.25) is 0 Å². The predicted molar refractivity (Wildman–Crippen MR) is 500 cm³/mol. The van der Waals surface area contributed by atoms with Crippen LogP contribution in [0.1, 0.15) is 384 Å². The largest absolute Gasteiger partial charge is 0.462 e. The van der Waals surface area contributed by atoms with Gasteiger partial charge in [0.1, 0.15) is 0 Å². The van der Waals surface area contributed by atoms with Gasteiger partial charge in [-0.15, -0.1) is 68.0 Å². The molecule has 6 aromatic heterocycles. The van der Waals surface area contributed by atoms with Gasteiger partial charge < -0.3 is 14.5 Å². The number of aryl methyl sites for hydroxylation is 2. The Labute approximate surface area is 705 Å². The summed E-state index contributed by atoms with van der Waals surface area (Å²) in [7, 11) is 0. The van der Waals surface area contributed by atoms with Gasteiger partial charge in [-0.05, 0) is 117 Å². The Morgan fingerprint density at radius 3 is 1.25 bits per heavy atom. The molecule has 0 N–H and O–H groups in total. The number of benzene rings is 3. The van der Waals surface area contributed by atoms with Gasteiger partial charge in [0.15, 0.2) is 5.78 Å². The van der Waals surface area contributed by atoms with E-state index in [0.717, 1.165) is 156 Å². The Hall–Kier alpha value is -5.28.